The molecule has 4 rings (SSSR count). The van der Waals surface area contributed by atoms with Crippen LogP contribution >= 0.6 is 11.8 Å². The molecule has 7 nitrogen and oxygen atoms in total. The van der Waals surface area contributed by atoms with Crippen LogP contribution in [0.2, 0.25) is 0 Å². The molecule has 0 amide bonds. The summed E-state index contributed by atoms with van der Waals surface area (Å²) >= 11 is 1.54. The van der Waals surface area contributed by atoms with Gasteiger partial charge in [0.25, 0.3) is 0 Å². The molecular weight excluding hydrogens is 384 g/mol. The van der Waals surface area contributed by atoms with Gasteiger partial charge >= 0.3 is 0 Å². The fourth-order valence-electron chi connectivity index (χ4n) is 2.92. The van der Waals surface area contributed by atoms with Crippen LogP contribution in [-0.4, -0.2) is 29.9 Å². The van der Waals surface area contributed by atoms with Gasteiger partial charge in [0.2, 0.25) is 5.89 Å². The highest BCUT2D eigenvalue weighted by molar-refractivity contribution is 7.99. The molecule has 0 bridgehead atoms. The van der Waals surface area contributed by atoms with Crippen LogP contribution in [0.25, 0.3) is 17.1 Å². The number of hydrogen-bond donors (Lipinski definition) is 0. The Labute approximate surface area is 173 Å². The van der Waals surface area contributed by atoms with Gasteiger partial charge in [0.15, 0.2) is 16.8 Å². The summed E-state index contributed by atoms with van der Waals surface area (Å²) in [6, 6.07) is 12.1. The number of nitrogens with zero attached hydrogens (tertiary/aromatic N) is 6. The number of hydrogen-bond acceptors (Lipinski definition) is 7. The van der Waals surface area contributed by atoms with E-state index in [2.05, 4.69) is 48.9 Å². The maximum Gasteiger partial charge on any atom is 0.239 e. The molecule has 1 atom stereocenters. The van der Waals surface area contributed by atoms with Gasteiger partial charge < -0.3 is 4.52 Å². The zero-order valence-corrected chi connectivity index (χ0v) is 17.6. The largest absolute Gasteiger partial charge is 0.338 e. The van der Waals surface area contributed by atoms with Crippen LogP contribution in [0.4, 0.5) is 0 Å². The summed E-state index contributed by atoms with van der Waals surface area (Å²) < 4.78 is 7.53. The third kappa shape index (κ3) is 3.93. The normalized spacial score (nSPS) is 12.4. The number of para-hydroxylation sites is 1. The average molecular weight is 407 g/mol. The van der Waals surface area contributed by atoms with Crippen molar-refractivity contribution in [1.29, 1.82) is 0 Å². The van der Waals surface area contributed by atoms with Gasteiger partial charge in [-0.05, 0) is 37.6 Å². The Hall–Kier alpha value is -3.00. The van der Waals surface area contributed by atoms with E-state index in [1.54, 1.807) is 24.2 Å². The highest BCUT2D eigenvalue weighted by Gasteiger charge is 2.23. The summed E-state index contributed by atoms with van der Waals surface area (Å²) in [6.07, 6.45) is 3.54. The monoisotopic (exact) mass is 406 g/mol. The molecule has 0 unspecified atom stereocenters. The molecule has 1 aromatic carbocycles. The minimum Gasteiger partial charge on any atom is -0.338 e. The highest BCUT2D eigenvalue weighted by atomic mass is 32.2. The lowest BCUT2D eigenvalue weighted by Crippen LogP contribution is -2.03. The van der Waals surface area contributed by atoms with E-state index >= 15 is 0 Å². The standard InChI is InChI=1S/C21H22N6OS/c1-13(2)18-23-20(28-26-18)15(4)29-21-25-24-19(16-9-7-11-22-12-16)27(21)17-10-6-5-8-14(17)3/h5-13,15H,1-4H3/t15-/m1/s1. The Bertz CT molecular complexity index is 1110. The van der Waals surface area contributed by atoms with Gasteiger partial charge in [0.05, 0.1) is 10.9 Å². The second-order valence-corrected chi connectivity index (χ2v) is 8.38. The Morgan fingerprint density at radius 1 is 1.03 bits per heavy atom. The molecule has 8 heteroatoms. The molecule has 0 aliphatic rings. The molecule has 4 aromatic rings. The molecule has 0 fully saturated rings. The molecule has 0 radical (unpaired) electrons. The molecule has 0 saturated carbocycles. The average Bonchev–Trinajstić information content (AvgIpc) is 3.37. The van der Waals surface area contributed by atoms with Crippen LogP contribution in [0.5, 0.6) is 0 Å². The molecule has 148 valence electrons. The van der Waals surface area contributed by atoms with Gasteiger partial charge in [-0.25, -0.2) is 0 Å². The fourth-order valence-corrected chi connectivity index (χ4v) is 3.81. The second-order valence-electron chi connectivity index (χ2n) is 7.08. The van der Waals surface area contributed by atoms with Gasteiger partial charge in [-0.2, -0.15) is 4.98 Å². The van der Waals surface area contributed by atoms with E-state index < -0.39 is 0 Å². The molecule has 0 aliphatic carbocycles. The van der Waals surface area contributed by atoms with Crippen LogP contribution in [0.15, 0.2) is 58.5 Å². The predicted molar refractivity (Wildman–Crippen MR) is 112 cm³/mol. The van der Waals surface area contributed by atoms with Crippen LogP contribution in [-0.2, 0) is 0 Å². The van der Waals surface area contributed by atoms with Crippen molar-refractivity contribution in [3.63, 3.8) is 0 Å². The summed E-state index contributed by atoms with van der Waals surface area (Å²) in [7, 11) is 0. The van der Waals surface area contributed by atoms with Gasteiger partial charge in [0.1, 0.15) is 0 Å². The number of aryl methyl sites for hydroxylation is 1. The van der Waals surface area contributed by atoms with E-state index in [1.807, 2.05) is 45.0 Å². The van der Waals surface area contributed by atoms with Crippen LogP contribution in [0, 0.1) is 6.92 Å². The van der Waals surface area contributed by atoms with Crippen LogP contribution < -0.4 is 0 Å². The zero-order valence-electron chi connectivity index (χ0n) is 16.8. The summed E-state index contributed by atoms with van der Waals surface area (Å²) in [4.78, 5) is 8.76. The molecular formula is C21H22N6OS. The lowest BCUT2D eigenvalue weighted by molar-refractivity contribution is 0.373. The minimum atomic E-state index is -0.0660. The van der Waals surface area contributed by atoms with Crippen molar-refractivity contribution in [2.24, 2.45) is 0 Å². The molecule has 3 aromatic heterocycles. The third-order valence-electron chi connectivity index (χ3n) is 4.51. The zero-order chi connectivity index (χ0) is 20.4. The lowest BCUT2D eigenvalue weighted by atomic mass is 10.2. The van der Waals surface area contributed by atoms with Gasteiger partial charge in [0, 0.05) is 23.9 Å². The molecule has 29 heavy (non-hydrogen) atoms. The summed E-state index contributed by atoms with van der Waals surface area (Å²) in [5, 5.41) is 13.7. The molecule has 0 spiro atoms. The van der Waals surface area contributed by atoms with E-state index in [-0.39, 0.29) is 11.2 Å². The van der Waals surface area contributed by atoms with Crippen molar-refractivity contribution in [2.45, 2.75) is 44.0 Å². The first-order valence-electron chi connectivity index (χ1n) is 9.46. The number of rotatable bonds is 6. The maximum atomic E-state index is 5.47. The Kier molecular flexibility index (Phi) is 5.44. The highest BCUT2D eigenvalue weighted by Crippen LogP contribution is 2.37. The van der Waals surface area contributed by atoms with Crippen molar-refractivity contribution in [2.75, 3.05) is 0 Å². The number of aromatic nitrogens is 6. The van der Waals surface area contributed by atoms with Crippen molar-refractivity contribution < 1.29 is 4.52 Å². The lowest BCUT2D eigenvalue weighted by Gasteiger charge is -2.13. The van der Waals surface area contributed by atoms with E-state index in [9.17, 15) is 0 Å². The minimum absolute atomic E-state index is 0.0660. The quantitative estimate of drug-likeness (QED) is 0.417. The Balaban J connectivity index is 1.75. The first kappa shape index (κ1) is 19.3. The van der Waals surface area contributed by atoms with E-state index in [0.717, 1.165) is 27.8 Å². The third-order valence-corrected chi connectivity index (χ3v) is 5.54. The second kappa shape index (κ2) is 8.16. The summed E-state index contributed by atoms with van der Waals surface area (Å²) in [5.74, 6) is 2.26. The van der Waals surface area contributed by atoms with Gasteiger partial charge in [-0.3, -0.25) is 9.55 Å². The number of benzene rings is 1. The van der Waals surface area contributed by atoms with Crippen molar-refractivity contribution in [1.82, 2.24) is 29.9 Å². The topological polar surface area (TPSA) is 82.5 Å². The fraction of sp³-hybridized carbons (Fsp3) is 0.286. The van der Waals surface area contributed by atoms with E-state index in [4.69, 9.17) is 4.52 Å². The summed E-state index contributed by atoms with van der Waals surface area (Å²) in [6.45, 7) is 8.19. The molecule has 3 heterocycles. The SMILES string of the molecule is Cc1ccccc1-n1c(S[C@H](C)c2nc(C(C)C)no2)nnc1-c1cccnc1. The Morgan fingerprint density at radius 3 is 2.55 bits per heavy atom. The van der Waals surface area contributed by atoms with Gasteiger partial charge in [-0.1, -0.05) is 49.0 Å². The molecule has 0 saturated heterocycles. The number of thioether (sulfide) groups is 1. The molecule has 0 N–H and O–H groups in total. The predicted octanol–water partition coefficient (Wildman–Crippen LogP) is 5.00. The van der Waals surface area contributed by atoms with Crippen molar-refractivity contribution >= 4 is 11.8 Å². The van der Waals surface area contributed by atoms with Crippen molar-refractivity contribution in [3.8, 4) is 17.1 Å². The molecule has 0 aliphatic heterocycles. The van der Waals surface area contributed by atoms with Crippen LogP contribution in [0.3, 0.4) is 0 Å². The summed E-state index contributed by atoms with van der Waals surface area (Å²) in [5.41, 5.74) is 3.06. The Morgan fingerprint density at radius 2 is 1.86 bits per heavy atom. The van der Waals surface area contributed by atoms with E-state index in [1.165, 1.54) is 0 Å². The first-order chi connectivity index (χ1) is 14.0. The van der Waals surface area contributed by atoms with Crippen molar-refractivity contribution in [3.05, 3.63) is 66.1 Å². The number of pyridine rings is 1. The van der Waals surface area contributed by atoms with E-state index in [0.29, 0.717) is 11.7 Å². The first-order valence-corrected chi connectivity index (χ1v) is 10.3. The maximum absolute atomic E-state index is 5.47. The smallest absolute Gasteiger partial charge is 0.239 e. The van der Waals surface area contributed by atoms with Crippen LogP contribution in [0.1, 0.15) is 49.2 Å². The van der Waals surface area contributed by atoms with Gasteiger partial charge in [-0.15, -0.1) is 10.2 Å².